The van der Waals surface area contributed by atoms with Crippen LogP contribution in [-0.4, -0.2) is 23.8 Å². The second-order valence-electron chi connectivity index (χ2n) is 10.1. The number of fused-ring (bicyclic) bond motifs is 1. The van der Waals surface area contributed by atoms with E-state index in [0.29, 0.717) is 23.9 Å². The minimum atomic E-state index is -0.269. The molecule has 0 aromatic heterocycles. The summed E-state index contributed by atoms with van der Waals surface area (Å²) in [6, 6.07) is 0. The molecule has 0 saturated heterocycles. The van der Waals surface area contributed by atoms with Gasteiger partial charge in [0.25, 0.3) is 0 Å². The fourth-order valence-corrected chi connectivity index (χ4v) is 7.10. The van der Waals surface area contributed by atoms with E-state index in [9.17, 15) is 9.90 Å². The van der Waals surface area contributed by atoms with Crippen LogP contribution in [0.3, 0.4) is 0 Å². The Morgan fingerprint density at radius 3 is 2.69 bits per heavy atom. The average molecular weight is 361 g/mol. The summed E-state index contributed by atoms with van der Waals surface area (Å²) >= 11 is 0. The molecular weight excluding hydrogens is 324 g/mol. The predicted molar refractivity (Wildman–Crippen MR) is 103 cm³/mol. The van der Waals surface area contributed by atoms with E-state index in [2.05, 4.69) is 13.8 Å². The van der Waals surface area contributed by atoms with Crippen molar-refractivity contribution in [1.82, 2.24) is 0 Å². The van der Waals surface area contributed by atoms with Crippen molar-refractivity contribution < 1.29 is 14.6 Å². The Morgan fingerprint density at radius 1 is 1.12 bits per heavy atom. The summed E-state index contributed by atoms with van der Waals surface area (Å²) in [5.74, 6) is 1.64. The van der Waals surface area contributed by atoms with Gasteiger partial charge in [0.15, 0.2) is 0 Å². The van der Waals surface area contributed by atoms with Crippen LogP contribution in [0, 0.1) is 28.6 Å². The van der Waals surface area contributed by atoms with E-state index < -0.39 is 0 Å². The second-order valence-corrected chi connectivity index (χ2v) is 10.1. The minimum absolute atomic E-state index is 0.0994. The fraction of sp³-hybridized carbons (Fsp3) is 0.870. The summed E-state index contributed by atoms with van der Waals surface area (Å²) in [7, 11) is 0. The molecule has 4 rings (SSSR count). The van der Waals surface area contributed by atoms with E-state index in [1.54, 1.807) is 6.08 Å². The molecule has 3 nitrogen and oxygen atoms in total. The zero-order valence-corrected chi connectivity index (χ0v) is 16.6. The molecule has 0 aromatic rings. The Balaban J connectivity index is 1.50. The molecule has 3 heteroatoms. The third kappa shape index (κ3) is 3.04. The Bertz CT molecular complexity index is 580. The van der Waals surface area contributed by atoms with Gasteiger partial charge < -0.3 is 9.84 Å². The lowest BCUT2D eigenvalue weighted by molar-refractivity contribution is -0.135. The van der Waals surface area contributed by atoms with Crippen LogP contribution >= 0.6 is 0 Å². The van der Waals surface area contributed by atoms with E-state index in [-0.39, 0.29) is 17.5 Å². The number of aliphatic hydroxyl groups excluding tert-OH is 1. The van der Waals surface area contributed by atoms with Crippen molar-refractivity contribution in [3.63, 3.8) is 0 Å². The molecule has 0 aromatic carbocycles. The molecule has 146 valence electrons. The summed E-state index contributed by atoms with van der Waals surface area (Å²) in [6.07, 6.45) is 15.2. The normalized spacial score (nSPS) is 44.3. The Hall–Kier alpha value is -0.830. The zero-order valence-electron chi connectivity index (χ0n) is 16.6. The van der Waals surface area contributed by atoms with Gasteiger partial charge in [0.2, 0.25) is 0 Å². The average Bonchev–Trinajstić information content (AvgIpc) is 3.21. The van der Waals surface area contributed by atoms with Crippen molar-refractivity contribution in [3.05, 3.63) is 11.6 Å². The van der Waals surface area contributed by atoms with Crippen LogP contribution < -0.4 is 0 Å². The Kier molecular flexibility index (Phi) is 4.96. The smallest absolute Gasteiger partial charge is 0.331 e. The number of hydrogen-bond donors (Lipinski definition) is 1. The van der Waals surface area contributed by atoms with Crippen LogP contribution in [0.2, 0.25) is 0 Å². The molecule has 0 radical (unpaired) electrons. The molecule has 0 amide bonds. The van der Waals surface area contributed by atoms with E-state index in [1.807, 2.05) is 0 Å². The number of esters is 1. The lowest BCUT2D eigenvalue weighted by Gasteiger charge is -2.52. The molecule has 3 aliphatic carbocycles. The molecule has 0 spiro atoms. The highest BCUT2D eigenvalue weighted by Crippen LogP contribution is 2.57. The molecule has 26 heavy (non-hydrogen) atoms. The van der Waals surface area contributed by atoms with E-state index in [1.165, 1.54) is 44.9 Å². The minimum Gasteiger partial charge on any atom is -0.458 e. The van der Waals surface area contributed by atoms with Gasteiger partial charge in [-0.05, 0) is 73.7 Å². The summed E-state index contributed by atoms with van der Waals surface area (Å²) in [4.78, 5) is 11.5. The maximum atomic E-state index is 11.5. The Morgan fingerprint density at radius 2 is 1.92 bits per heavy atom. The van der Waals surface area contributed by atoms with E-state index in [0.717, 1.165) is 37.2 Å². The molecule has 4 aliphatic rings. The van der Waals surface area contributed by atoms with Gasteiger partial charge in [-0.3, -0.25) is 0 Å². The molecule has 1 heterocycles. The van der Waals surface area contributed by atoms with Crippen molar-refractivity contribution in [1.29, 1.82) is 0 Å². The molecule has 3 saturated carbocycles. The molecule has 1 unspecified atom stereocenters. The first kappa shape index (κ1) is 18.5. The number of ether oxygens (including phenoxy) is 1. The molecule has 3 fully saturated rings. The highest BCUT2D eigenvalue weighted by Gasteiger charge is 2.50. The standard InChI is InChI=1S/C23H36O3/c1-22-11-4-3-7-17(22)8-5-9-18(22)14-20(24)23(2)12-6-10-19(23)16-13-21(25)26-15-16/h13,17-20,24H,3-12,14-15H2,1-2H3/t17-,18?,19+,20+,22-,23-/m0/s1. The largest absolute Gasteiger partial charge is 0.458 e. The molecule has 1 aliphatic heterocycles. The quantitative estimate of drug-likeness (QED) is 0.716. The van der Waals surface area contributed by atoms with Gasteiger partial charge in [0.1, 0.15) is 6.61 Å². The number of hydrogen-bond acceptors (Lipinski definition) is 3. The third-order valence-corrected chi connectivity index (χ3v) is 8.89. The predicted octanol–water partition coefficient (Wildman–Crippen LogP) is 5.02. The summed E-state index contributed by atoms with van der Waals surface area (Å²) in [5, 5.41) is 11.4. The molecule has 0 bridgehead atoms. The van der Waals surface area contributed by atoms with Crippen molar-refractivity contribution in [2.75, 3.05) is 6.61 Å². The lowest BCUT2D eigenvalue weighted by atomic mass is 9.53. The number of carbonyl (C=O) groups is 1. The van der Waals surface area contributed by atoms with Gasteiger partial charge in [0.05, 0.1) is 6.10 Å². The van der Waals surface area contributed by atoms with Crippen LogP contribution in [-0.2, 0) is 9.53 Å². The van der Waals surface area contributed by atoms with Gasteiger partial charge in [-0.15, -0.1) is 0 Å². The number of aliphatic hydroxyl groups is 1. The van der Waals surface area contributed by atoms with Crippen molar-refractivity contribution in [2.45, 2.75) is 90.6 Å². The zero-order chi connectivity index (χ0) is 18.4. The van der Waals surface area contributed by atoms with Gasteiger partial charge in [-0.25, -0.2) is 4.79 Å². The molecule has 6 atom stereocenters. The lowest BCUT2D eigenvalue weighted by Crippen LogP contribution is -2.45. The Labute approximate surface area is 158 Å². The first-order valence-corrected chi connectivity index (χ1v) is 11.0. The SMILES string of the molecule is C[C@]1([C@H](O)CC2CCC[C@@H]3CCCC[C@]23C)CCC[C@@H]1C1=CC(=O)OC1. The molecule has 1 N–H and O–H groups in total. The van der Waals surface area contributed by atoms with E-state index in [4.69, 9.17) is 4.74 Å². The van der Waals surface area contributed by atoms with E-state index >= 15 is 0 Å². The highest BCUT2D eigenvalue weighted by atomic mass is 16.5. The number of rotatable bonds is 4. The van der Waals surface area contributed by atoms with Gasteiger partial charge in [-0.2, -0.15) is 0 Å². The number of carbonyl (C=O) groups excluding carboxylic acids is 1. The van der Waals surface area contributed by atoms with Crippen molar-refractivity contribution in [3.8, 4) is 0 Å². The first-order chi connectivity index (χ1) is 12.4. The van der Waals surface area contributed by atoms with Crippen molar-refractivity contribution >= 4 is 5.97 Å². The van der Waals surface area contributed by atoms with Crippen LogP contribution in [0.4, 0.5) is 0 Å². The summed E-state index contributed by atoms with van der Waals surface area (Å²) < 4.78 is 5.17. The maximum Gasteiger partial charge on any atom is 0.331 e. The monoisotopic (exact) mass is 360 g/mol. The summed E-state index contributed by atoms with van der Waals surface area (Å²) in [5.41, 5.74) is 1.46. The van der Waals surface area contributed by atoms with Crippen LogP contribution in [0.1, 0.15) is 84.5 Å². The second kappa shape index (κ2) is 6.96. The van der Waals surface area contributed by atoms with Crippen molar-refractivity contribution in [2.24, 2.45) is 28.6 Å². The first-order valence-electron chi connectivity index (χ1n) is 11.0. The third-order valence-electron chi connectivity index (χ3n) is 8.89. The van der Waals surface area contributed by atoms with Gasteiger partial charge >= 0.3 is 5.97 Å². The number of cyclic esters (lactones) is 1. The summed E-state index contributed by atoms with van der Waals surface area (Å²) in [6.45, 7) is 5.23. The molecular formula is C23H36O3. The van der Waals surface area contributed by atoms with Crippen LogP contribution in [0.15, 0.2) is 11.6 Å². The maximum absolute atomic E-state index is 11.5. The van der Waals surface area contributed by atoms with Crippen LogP contribution in [0.5, 0.6) is 0 Å². The highest BCUT2D eigenvalue weighted by molar-refractivity contribution is 5.85. The van der Waals surface area contributed by atoms with Gasteiger partial charge in [-0.1, -0.05) is 39.5 Å². The van der Waals surface area contributed by atoms with Crippen LogP contribution in [0.25, 0.3) is 0 Å². The topological polar surface area (TPSA) is 46.5 Å². The van der Waals surface area contributed by atoms with Gasteiger partial charge in [0, 0.05) is 11.5 Å². The fourth-order valence-electron chi connectivity index (χ4n) is 7.10.